The first-order chi connectivity index (χ1) is 21.1. The Morgan fingerprint density at radius 2 is 0.773 bits per heavy atom. The first-order valence-electron chi connectivity index (χ1n) is 16.5. The number of hydrogen-bond donors (Lipinski definition) is 4. The van der Waals surface area contributed by atoms with Crippen LogP contribution in [0.4, 0.5) is 0 Å². The number of carbonyl (C=O) groups is 4. The predicted molar refractivity (Wildman–Crippen MR) is 173 cm³/mol. The van der Waals surface area contributed by atoms with Crippen LogP contribution >= 0.6 is 0 Å². The Labute approximate surface area is 266 Å². The summed E-state index contributed by atoms with van der Waals surface area (Å²) in [7, 11) is 0. The van der Waals surface area contributed by atoms with Crippen LogP contribution in [0, 0.1) is 11.8 Å². The van der Waals surface area contributed by atoms with Crippen LogP contribution in [-0.2, 0) is 38.1 Å². The molecule has 0 aromatic carbocycles. The summed E-state index contributed by atoms with van der Waals surface area (Å²) in [5.41, 5.74) is 0. The van der Waals surface area contributed by atoms with Crippen molar-refractivity contribution in [1.82, 2.24) is 21.3 Å². The fourth-order valence-corrected chi connectivity index (χ4v) is 3.75. The molecule has 4 amide bonds. The molecule has 0 aromatic heterocycles. The van der Waals surface area contributed by atoms with E-state index in [2.05, 4.69) is 35.1 Å². The van der Waals surface area contributed by atoms with E-state index >= 15 is 0 Å². The lowest BCUT2D eigenvalue weighted by atomic mass is 10.0. The monoisotopic (exact) mass is 632 g/mol. The van der Waals surface area contributed by atoms with Crippen LogP contribution in [-0.4, -0.2) is 103 Å². The first-order valence-corrected chi connectivity index (χ1v) is 16.5. The minimum atomic E-state index is -0.0560. The van der Waals surface area contributed by atoms with Gasteiger partial charge in [0.2, 0.25) is 23.6 Å². The van der Waals surface area contributed by atoms with Gasteiger partial charge in [-0.3, -0.25) is 19.2 Å². The molecule has 0 aliphatic rings. The molecule has 2 unspecified atom stereocenters. The molecule has 0 aliphatic carbocycles. The number of rotatable bonds is 28. The van der Waals surface area contributed by atoms with E-state index < -0.39 is 0 Å². The molecule has 0 rings (SSSR count). The Morgan fingerprint density at radius 1 is 0.477 bits per heavy atom. The van der Waals surface area contributed by atoms with Gasteiger partial charge >= 0.3 is 0 Å². The van der Waals surface area contributed by atoms with E-state index in [-0.39, 0.29) is 35.5 Å². The average Bonchev–Trinajstić information content (AvgIpc) is 2.98. The molecule has 0 saturated heterocycles. The highest BCUT2D eigenvalue weighted by Crippen LogP contribution is 2.09. The van der Waals surface area contributed by atoms with E-state index in [0.29, 0.717) is 79.0 Å². The van der Waals surface area contributed by atoms with Gasteiger partial charge in [-0.05, 0) is 12.8 Å². The normalized spacial score (nSPS) is 12.0. The number of ether oxygens (including phenoxy) is 4. The van der Waals surface area contributed by atoms with E-state index in [1.54, 1.807) is 0 Å². The third-order valence-electron chi connectivity index (χ3n) is 6.45. The molecule has 260 valence electrons. The number of nitrogens with one attached hydrogen (secondary N) is 4. The zero-order valence-corrected chi connectivity index (χ0v) is 28.6. The topological polar surface area (TPSA) is 153 Å². The Bertz CT molecular complexity index is 654. The Kier molecular flexibility index (Phi) is 33.5. The Hall–Kier alpha value is -2.28. The van der Waals surface area contributed by atoms with Gasteiger partial charge in [-0.2, -0.15) is 0 Å². The number of hydrogen-bond acceptors (Lipinski definition) is 8. The van der Waals surface area contributed by atoms with Gasteiger partial charge in [0.05, 0.1) is 52.9 Å². The van der Waals surface area contributed by atoms with Crippen molar-refractivity contribution in [2.24, 2.45) is 11.8 Å². The summed E-state index contributed by atoms with van der Waals surface area (Å²) >= 11 is 0. The highest BCUT2D eigenvalue weighted by atomic mass is 16.5. The molecular formula is C32H64N4O8. The highest BCUT2D eigenvalue weighted by molar-refractivity contribution is 5.78. The van der Waals surface area contributed by atoms with E-state index in [9.17, 15) is 19.2 Å². The minimum Gasteiger partial charge on any atom is -0.377 e. The van der Waals surface area contributed by atoms with E-state index in [1.165, 1.54) is 39.5 Å². The molecule has 12 heteroatoms. The lowest BCUT2D eigenvalue weighted by Gasteiger charge is -2.12. The molecule has 4 N–H and O–H groups in total. The minimum absolute atomic E-state index is 0.0560. The lowest BCUT2D eigenvalue weighted by molar-refractivity contribution is -0.125. The summed E-state index contributed by atoms with van der Waals surface area (Å²) in [4.78, 5) is 44.7. The standard InChI is InChI=1S/2C16H32N2O4/c2*1-4-5-6-7-14(2)16(20)18-9-11-22-13-12-21-10-8-17-15(3)19/h2*14H,4-13H2,1-3H3,(H,17,19)(H,18,20). The highest BCUT2D eigenvalue weighted by Gasteiger charge is 2.12. The fourth-order valence-electron chi connectivity index (χ4n) is 3.75. The van der Waals surface area contributed by atoms with Crippen molar-refractivity contribution in [2.45, 2.75) is 92.9 Å². The Balaban J connectivity index is 0. The average molecular weight is 633 g/mol. The summed E-state index contributed by atoms with van der Waals surface area (Å²) in [5.74, 6) is 0.240. The van der Waals surface area contributed by atoms with Crippen LogP contribution in [0.3, 0.4) is 0 Å². The largest absolute Gasteiger partial charge is 0.377 e. The summed E-state index contributed by atoms with van der Waals surface area (Å²) in [6, 6.07) is 0. The Morgan fingerprint density at radius 3 is 1.05 bits per heavy atom. The van der Waals surface area contributed by atoms with Crippen LogP contribution in [0.2, 0.25) is 0 Å². The van der Waals surface area contributed by atoms with Gasteiger partial charge in [-0.1, -0.05) is 66.2 Å². The smallest absolute Gasteiger partial charge is 0.222 e. The number of amides is 4. The predicted octanol–water partition coefficient (Wildman–Crippen LogP) is 2.98. The van der Waals surface area contributed by atoms with Crippen LogP contribution in [0.15, 0.2) is 0 Å². The molecule has 0 aliphatic heterocycles. The van der Waals surface area contributed by atoms with Gasteiger partial charge in [0.1, 0.15) is 0 Å². The van der Waals surface area contributed by atoms with Crippen LogP contribution in [0.5, 0.6) is 0 Å². The molecule has 0 aromatic rings. The third kappa shape index (κ3) is 34.2. The maximum absolute atomic E-state index is 11.8. The molecular weight excluding hydrogens is 568 g/mol. The zero-order chi connectivity index (χ0) is 33.3. The van der Waals surface area contributed by atoms with Crippen molar-refractivity contribution in [3.05, 3.63) is 0 Å². The molecule has 0 fully saturated rings. The molecule has 0 saturated carbocycles. The fraction of sp³-hybridized carbons (Fsp3) is 0.875. The van der Waals surface area contributed by atoms with E-state index in [4.69, 9.17) is 18.9 Å². The van der Waals surface area contributed by atoms with Crippen molar-refractivity contribution in [3.63, 3.8) is 0 Å². The maximum Gasteiger partial charge on any atom is 0.222 e. The molecule has 12 nitrogen and oxygen atoms in total. The summed E-state index contributed by atoms with van der Waals surface area (Å²) < 4.78 is 21.3. The van der Waals surface area contributed by atoms with Crippen LogP contribution < -0.4 is 21.3 Å². The van der Waals surface area contributed by atoms with Crippen molar-refractivity contribution in [2.75, 3.05) is 79.0 Å². The number of carbonyl (C=O) groups excluding carboxylic acids is 4. The third-order valence-corrected chi connectivity index (χ3v) is 6.45. The molecule has 0 spiro atoms. The summed E-state index contributed by atoms with van der Waals surface area (Å²) in [5, 5.41) is 11.1. The van der Waals surface area contributed by atoms with E-state index in [1.807, 2.05) is 13.8 Å². The summed E-state index contributed by atoms with van der Waals surface area (Å²) in [6.45, 7) is 17.2. The quantitative estimate of drug-likeness (QED) is 0.0961. The van der Waals surface area contributed by atoms with E-state index in [0.717, 1.165) is 25.7 Å². The van der Waals surface area contributed by atoms with Crippen molar-refractivity contribution < 1.29 is 38.1 Å². The first kappa shape index (κ1) is 43.8. The second kappa shape index (κ2) is 33.6. The zero-order valence-electron chi connectivity index (χ0n) is 28.6. The van der Waals surface area contributed by atoms with Crippen molar-refractivity contribution >= 4 is 23.6 Å². The van der Waals surface area contributed by atoms with Gasteiger partial charge in [0.25, 0.3) is 0 Å². The summed E-state index contributed by atoms with van der Waals surface area (Å²) in [6.07, 6.45) is 8.83. The SMILES string of the molecule is CCCCCC(C)C(=O)NCCOCCOCCNC(C)=O.CCCCCC(C)C(=O)NCCOCCOCCNC(C)=O. The van der Waals surface area contributed by atoms with Gasteiger partial charge in [0.15, 0.2) is 0 Å². The van der Waals surface area contributed by atoms with Gasteiger partial charge in [-0.15, -0.1) is 0 Å². The van der Waals surface area contributed by atoms with Crippen LogP contribution in [0.25, 0.3) is 0 Å². The van der Waals surface area contributed by atoms with Crippen molar-refractivity contribution in [1.29, 1.82) is 0 Å². The second-order valence-corrected chi connectivity index (χ2v) is 10.8. The lowest BCUT2D eigenvalue weighted by Crippen LogP contribution is -2.32. The van der Waals surface area contributed by atoms with Crippen molar-refractivity contribution in [3.8, 4) is 0 Å². The van der Waals surface area contributed by atoms with Crippen LogP contribution in [0.1, 0.15) is 92.9 Å². The second-order valence-electron chi connectivity index (χ2n) is 10.8. The molecule has 0 radical (unpaired) electrons. The van der Waals surface area contributed by atoms with Gasteiger partial charge < -0.3 is 40.2 Å². The molecule has 2 atom stereocenters. The molecule has 0 bridgehead atoms. The number of unbranched alkanes of at least 4 members (excludes halogenated alkanes) is 4. The maximum atomic E-state index is 11.8. The van der Waals surface area contributed by atoms with Gasteiger partial charge in [0, 0.05) is 51.9 Å². The molecule has 0 heterocycles. The van der Waals surface area contributed by atoms with Gasteiger partial charge in [-0.25, -0.2) is 0 Å². The molecule has 44 heavy (non-hydrogen) atoms.